The lowest BCUT2D eigenvalue weighted by Crippen LogP contribution is -2.28. The molecule has 2 atom stereocenters. The van der Waals surface area contributed by atoms with Gasteiger partial charge in [0.1, 0.15) is 0 Å². The highest BCUT2D eigenvalue weighted by atomic mass is 79.9. The van der Waals surface area contributed by atoms with Gasteiger partial charge < -0.3 is 9.73 Å². The van der Waals surface area contributed by atoms with Crippen molar-refractivity contribution in [3.8, 4) is 0 Å². The average Bonchev–Trinajstić information content (AvgIpc) is 2.72. The first kappa shape index (κ1) is 10.6. The van der Waals surface area contributed by atoms with E-state index in [4.69, 9.17) is 4.42 Å². The summed E-state index contributed by atoms with van der Waals surface area (Å²) in [5.74, 6) is 1.24. The van der Waals surface area contributed by atoms with E-state index in [1.54, 1.807) is 6.26 Å². The van der Waals surface area contributed by atoms with Crippen LogP contribution in [0.1, 0.15) is 18.9 Å². The summed E-state index contributed by atoms with van der Waals surface area (Å²) in [5, 5.41) is 4.35. The third-order valence-electron chi connectivity index (χ3n) is 2.41. The van der Waals surface area contributed by atoms with Crippen LogP contribution in [0, 0.1) is 0 Å². The minimum atomic E-state index is 0.670. The lowest BCUT2D eigenvalue weighted by molar-refractivity contribution is 0.520. The van der Waals surface area contributed by atoms with Crippen LogP contribution in [-0.2, 0) is 6.54 Å². The number of furan rings is 1. The standard InChI is InChI=1S/C10H14BrNOS/c1-7-2-9(6-14-7)12-4-8-3-10(11)13-5-8/h3,5,7,9,12H,2,4,6H2,1H3. The molecule has 1 aromatic heterocycles. The summed E-state index contributed by atoms with van der Waals surface area (Å²) < 4.78 is 5.98. The third kappa shape index (κ3) is 2.78. The molecule has 1 N–H and O–H groups in total. The van der Waals surface area contributed by atoms with Crippen LogP contribution < -0.4 is 5.32 Å². The van der Waals surface area contributed by atoms with Gasteiger partial charge in [-0.15, -0.1) is 0 Å². The lowest BCUT2D eigenvalue weighted by atomic mass is 10.2. The summed E-state index contributed by atoms with van der Waals surface area (Å²) >= 11 is 5.35. The topological polar surface area (TPSA) is 25.2 Å². The molecule has 0 saturated carbocycles. The Morgan fingerprint density at radius 3 is 3.14 bits per heavy atom. The highest BCUT2D eigenvalue weighted by Crippen LogP contribution is 2.26. The molecule has 78 valence electrons. The Morgan fingerprint density at radius 1 is 1.71 bits per heavy atom. The number of hydrogen-bond acceptors (Lipinski definition) is 3. The Bertz CT molecular complexity index is 302. The second-order valence-corrected chi connectivity index (χ2v) is 5.97. The van der Waals surface area contributed by atoms with Gasteiger partial charge in [0, 0.05) is 29.2 Å². The van der Waals surface area contributed by atoms with E-state index in [0.29, 0.717) is 6.04 Å². The van der Waals surface area contributed by atoms with E-state index in [2.05, 4.69) is 39.9 Å². The molecule has 0 aromatic carbocycles. The fraction of sp³-hybridized carbons (Fsp3) is 0.600. The lowest BCUT2D eigenvalue weighted by Gasteiger charge is -2.09. The molecule has 14 heavy (non-hydrogen) atoms. The molecular weight excluding hydrogens is 262 g/mol. The van der Waals surface area contributed by atoms with Crippen molar-refractivity contribution in [3.63, 3.8) is 0 Å². The van der Waals surface area contributed by atoms with Gasteiger partial charge in [-0.2, -0.15) is 11.8 Å². The zero-order chi connectivity index (χ0) is 9.97. The van der Waals surface area contributed by atoms with Crippen molar-refractivity contribution < 1.29 is 4.42 Å². The van der Waals surface area contributed by atoms with Crippen LogP contribution in [-0.4, -0.2) is 17.0 Å². The van der Waals surface area contributed by atoms with E-state index in [1.807, 2.05) is 6.07 Å². The van der Waals surface area contributed by atoms with Crippen molar-refractivity contribution >= 4 is 27.7 Å². The molecule has 2 rings (SSSR count). The predicted octanol–water partition coefficient (Wildman–Crippen LogP) is 3.03. The number of nitrogens with one attached hydrogen (secondary N) is 1. The van der Waals surface area contributed by atoms with Crippen molar-refractivity contribution in [2.75, 3.05) is 5.75 Å². The number of hydrogen-bond donors (Lipinski definition) is 1. The first-order chi connectivity index (χ1) is 6.74. The zero-order valence-corrected chi connectivity index (χ0v) is 10.5. The summed E-state index contributed by atoms with van der Waals surface area (Å²) in [6.07, 6.45) is 3.08. The first-order valence-electron chi connectivity index (χ1n) is 4.82. The number of thioether (sulfide) groups is 1. The van der Waals surface area contributed by atoms with Gasteiger partial charge in [0.05, 0.1) is 6.26 Å². The summed E-state index contributed by atoms with van der Waals surface area (Å²) in [7, 11) is 0. The van der Waals surface area contributed by atoms with Crippen LogP contribution in [0.3, 0.4) is 0 Å². The maximum Gasteiger partial charge on any atom is 0.169 e. The normalized spacial score (nSPS) is 27.0. The van der Waals surface area contributed by atoms with Crippen molar-refractivity contribution in [3.05, 3.63) is 22.6 Å². The molecule has 0 bridgehead atoms. The molecule has 4 heteroatoms. The number of rotatable bonds is 3. The van der Waals surface area contributed by atoms with E-state index >= 15 is 0 Å². The van der Waals surface area contributed by atoms with Crippen LogP contribution in [0.5, 0.6) is 0 Å². The first-order valence-corrected chi connectivity index (χ1v) is 6.66. The average molecular weight is 276 g/mol. The van der Waals surface area contributed by atoms with Gasteiger partial charge >= 0.3 is 0 Å². The van der Waals surface area contributed by atoms with Crippen LogP contribution in [0.15, 0.2) is 21.4 Å². The molecule has 0 radical (unpaired) electrons. The van der Waals surface area contributed by atoms with Crippen LogP contribution >= 0.6 is 27.7 Å². The molecule has 2 heterocycles. The van der Waals surface area contributed by atoms with Gasteiger partial charge in [-0.3, -0.25) is 0 Å². The Balaban J connectivity index is 1.77. The van der Waals surface area contributed by atoms with Gasteiger partial charge in [-0.25, -0.2) is 0 Å². The van der Waals surface area contributed by atoms with E-state index < -0.39 is 0 Å². The summed E-state index contributed by atoms with van der Waals surface area (Å²) in [4.78, 5) is 0. The third-order valence-corrected chi connectivity index (χ3v) is 4.19. The maximum atomic E-state index is 5.17. The Kier molecular flexibility index (Phi) is 3.57. The predicted molar refractivity (Wildman–Crippen MR) is 63.6 cm³/mol. The quantitative estimate of drug-likeness (QED) is 0.918. The molecular formula is C10H14BrNOS. The molecule has 1 fully saturated rings. The van der Waals surface area contributed by atoms with Gasteiger partial charge in [0.25, 0.3) is 0 Å². The molecule has 1 aromatic rings. The SMILES string of the molecule is CC1CC(NCc2coc(Br)c2)CS1. The fourth-order valence-corrected chi connectivity index (χ4v) is 3.23. The molecule has 0 spiro atoms. The van der Waals surface area contributed by atoms with Crippen LogP contribution in [0.2, 0.25) is 0 Å². The second kappa shape index (κ2) is 4.73. The molecule has 1 aliphatic heterocycles. The van der Waals surface area contributed by atoms with Crippen molar-refractivity contribution in [2.24, 2.45) is 0 Å². The van der Waals surface area contributed by atoms with Crippen LogP contribution in [0.4, 0.5) is 0 Å². The van der Waals surface area contributed by atoms with E-state index in [9.17, 15) is 0 Å². The van der Waals surface area contributed by atoms with Gasteiger partial charge in [-0.1, -0.05) is 6.92 Å². The van der Waals surface area contributed by atoms with Crippen molar-refractivity contribution in [1.82, 2.24) is 5.32 Å². The van der Waals surface area contributed by atoms with E-state index in [-0.39, 0.29) is 0 Å². The minimum absolute atomic E-state index is 0.670. The van der Waals surface area contributed by atoms with Gasteiger partial charge in [0.2, 0.25) is 0 Å². The highest BCUT2D eigenvalue weighted by Gasteiger charge is 2.21. The summed E-state index contributed by atoms with van der Waals surface area (Å²) in [6, 6.07) is 2.68. The molecule has 1 aliphatic rings. The van der Waals surface area contributed by atoms with Crippen LogP contribution in [0.25, 0.3) is 0 Å². The second-order valence-electron chi connectivity index (χ2n) is 3.72. The molecule has 0 amide bonds. The number of halogens is 1. The van der Waals surface area contributed by atoms with Gasteiger partial charge in [0.15, 0.2) is 4.67 Å². The summed E-state index contributed by atoms with van der Waals surface area (Å²) in [6.45, 7) is 3.20. The molecule has 1 saturated heterocycles. The van der Waals surface area contributed by atoms with Gasteiger partial charge in [-0.05, 0) is 28.4 Å². The smallest absolute Gasteiger partial charge is 0.169 e. The Morgan fingerprint density at radius 2 is 2.57 bits per heavy atom. The maximum absolute atomic E-state index is 5.17. The molecule has 2 nitrogen and oxygen atoms in total. The monoisotopic (exact) mass is 275 g/mol. The largest absolute Gasteiger partial charge is 0.457 e. The molecule has 0 aliphatic carbocycles. The zero-order valence-electron chi connectivity index (χ0n) is 8.13. The molecule has 2 unspecified atom stereocenters. The Hall–Kier alpha value is 0.0700. The van der Waals surface area contributed by atoms with Crippen molar-refractivity contribution in [1.29, 1.82) is 0 Å². The van der Waals surface area contributed by atoms with Crippen molar-refractivity contribution in [2.45, 2.75) is 31.2 Å². The summed E-state index contributed by atoms with van der Waals surface area (Å²) in [5.41, 5.74) is 1.21. The Labute approximate surface area is 97.0 Å². The highest BCUT2D eigenvalue weighted by molar-refractivity contribution is 9.10. The van der Waals surface area contributed by atoms with E-state index in [0.717, 1.165) is 16.5 Å². The minimum Gasteiger partial charge on any atom is -0.457 e. The fourth-order valence-electron chi connectivity index (χ4n) is 1.66. The van der Waals surface area contributed by atoms with E-state index in [1.165, 1.54) is 17.7 Å².